The summed E-state index contributed by atoms with van der Waals surface area (Å²) in [7, 11) is 0. The van der Waals surface area contributed by atoms with Crippen molar-refractivity contribution < 1.29 is 17.6 Å². The number of hydrogen-bond acceptors (Lipinski definition) is 1. The van der Waals surface area contributed by atoms with E-state index in [-0.39, 0.29) is 17.6 Å². The first kappa shape index (κ1) is 14.7. The Morgan fingerprint density at radius 1 is 0.818 bits per heavy atom. The van der Waals surface area contributed by atoms with Crippen molar-refractivity contribution in [3.63, 3.8) is 0 Å². The quantitative estimate of drug-likeness (QED) is 0.609. The van der Waals surface area contributed by atoms with Crippen molar-refractivity contribution in [3.05, 3.63) is 71.5 Å². The van der Waals surface area contributed by atoms with Gasteiger partial charge < -0.3 is 4.42 Å². The van der Waals surface area contributed by atoms with Gasteiger partial charge in [-0.25, -0.2) is 0 Å². The highest BCUT2D eigenvalue weighted by molar-refractivity contribution is 5.82. The second-order valence-electron chi connectivity index (χ2n) is 5.23. The molecule has 0 aliphatic carbocycles. The van der Waals surface area contributed by atoms with Crippen LogP contribution in [0.15, 0.2) is 59.0 Å². The monoisotopic (exact) mass is 304 g/mol. The number of halogens is 3. The summed E-state index contributed by atoms with van der Waals surface area (Å²) in [6, 6.07) is 16.0. The van der Waals surface area contributed by atoms with Crippen LogP contribution >= 0.6 is 0 Å². The Balaban J connectivity index is 1.84. The lowest BCUT2D eigenvalue weighted by atomic mass is 10.0. The molecule has 0 bridgehead atoms. The minimum atomic E-state index is -4.39. The van der Waals surface area contributed by atoms with E-state index in [1.807, 2.05) is 30.3 Å². The minimum absolute atomic E-state index is 0.0321. The van der Waals surface area contributed by atoms with Gasteiger partial charge in [-0.3, -0.25) is 0 Å². The van der Waals surface area contributed by atoms with E-state index in [0.717, 1.165) is 12.0 Å². The van der Waals surface area contributed by atoms with Gasteiger partial charge in [-0.2, -0.15) is 13.2 Å². The Kier molecular flexibility index (Phi) is 3.92. The molecule has 0 atom stereocenters. The largest absolute Gasteiger partial charge is 0.460 e. The summed E-state index contributed by atoms with van der Waals surface area (Å²) in [5, 5.41) is 0.143. The maximum atomic E-state index is 13.3. The molecular weight excluding hydrogens is 289 g/mol. The molecule has 1 aromatic heterocycles. The summed E-state index contributed by atoms with van der Waals surface area (Å²) >= 11 is 0. The van der Waals surface area contributed by atoms with Gasteiger partial charge in [0.1, 0.15) is 16.9 Å². The van der Waals surface area contributed by atoms with Crippen molar-refractivity contribution in [3.8, 4) is 0 Å². The fourth-order valence-electron chi connectivity index (χ4n) is 2.68. The van der Waals surface area contributed by atoms with Crippen LogP contribution in [-0.4, -0.2) is 0 Å². The number of fused-ring (bicyclic) bond motifs is 1. The molecule has 1 nitrogen and oxygen atoms in total. The SMILES string of the molecule is FC(F)(F)c1c(CCCc2ccccc2)oc2ccccc12. The van der Waals surface area contributed by atoms with Crippen LogP contribution in [-0.2, 0) is 19.0 Å². The summed E-state index contributed by atoms with van der Waals surface area (Å²) in [5.74, 6) is 0.0321. The van der Waals surface area contributed by atoms with Crippen molar-refractivity contribution in [2.75, 3.05) is 0 Å². The molecule has 0 unspecified atom stereocenters. The molecule has 0 aliphatic rings. The highest BCUT2D eigenvalue weighted by Crippen LogP contribution is 2.39. The predicted octanol–water partition coefficient (Wildman–Crippen LogP) is 5.63. The summed E-state index contributed by atoms with van der Waals surface area (Å²) in [6.07, 6.45) is -2.77. The van der Waals surface area contributed by atoms with Crippen molar-refractivity contribution in [2.45, 2.75) is 25.4 Å². The first-order valence-electron chi connectivity index (χ1n) is 7.17. The zero-order valence-electron chi connectivity index (χ0n) is 11.9. The summed E-state index contributed by atoms with van der Waals surface area (Å²) < 4.78 is 45.3. The topological polar surface area (TPSA) is 13.1 Å². The lowest BCUT2D eigenvalue weighted by Gasteiger charge is -2.07. The van der Waals surface area contributed by atoms with Crippen LogP contribution in [0.25, 0.3) is 11.0 Å². The van der Waals surface area contributed by atoms with Gasteiger partial charge in [-0.15, -0.1) is 0 Å². The van der Waals surface area contributed by atoms with E-state index in [9.17, 15) is 13.2 Å². The van der Waals surface area contributed by atoms with Crippen LogP contribution in [0.1, 0.15) is 23.3 Å². The third-order valence-electron chi connectivity index (χ3n) is 3.66. The average Bonchev–Trinajstić information content (AvgIpc) is 2.86. The lowest BCUT2D eigenvalue weighted by Crippen LogP contribution is -2.07. The Morgan fingerprint density at radius 2 is 1.50 bits per heavy atom. The number of benzene rings is 2. The van der Waals surface area contributed by atoms with Gasteiger partial charge in [0.15, 0.2) is 0 Å². The fraction of sp³-hybridized carbons (Fsp3) is 0.222. The highest BCUT2D eigenvalue weighted by Gasteiger charge is 2.38. The molecular formula is C18H15F3O. The minimum Gasteiger partial charge on any atom is -0.460 e. The van der Waals surface area contributed by atoms with Crippen LogP contribution in [0.3, 0.4) is 0 Å². The van der Waals surface area contributed by atoms with Gasteiger partial charge in [0.25, 0.3) is 0 Å². The zero-order chi connectivity index (χ0) is 15.6. The van der Waals surface area contributed by atoms with Crippen LogP contribution in [0.5, 0.6) is 0 Å². The second-order valence-corrected chi connectivity index (χ2v) is 5.23. The Hall–Kier alpha value is -2.23. The number of aryl methyl sites for hydroxylation is 2. The molecule has 22 heavy (non-hydrogen) atoms. The van der Waals surface area contributed by atoms with Crippen LogP contribution in [0.2, 0.25) is 0 Å². The molecule has 0 N–H and O–H groups in total. The molecule has 0 saturated heterocycles. The van der Waals surface area contributed by atoms with Gasteiger partial charge in [0.2, 0.25) is 0 Å². The molecule has 2 aromatic carbocycles. The van der Waals surface area contributed by atoms with Crippen molar-refractivity contribution >= 4 is 11.0 Å². The first-order chi connectivity index (χ1) is 10.6. The number of alkyl halides is 3. The predicted molar refractivity (Wildman–Crippen MR) is 79.7 cm³/mol. The van der Waals surface area contributed by atoms with Gasteiger partial charge in [0.05, 0.1) is 0 Å². The van der Waals surface area contributed by atoms with Gasteiger partial charge >= 0.3 is 6.18 Å². The molecule has 3 aromatic rings. The summed E-state index contributed by atoms with van der Waals surface area (Å²) in [4.78, 5) is 0. The Bertz CT molecular complexity index is 757. The molecule has 0 spiro atoms. The number of furan rings is 1. The van der Waals surface area contributed by atoms with Crippen LogP contribution in [0, 0.1) is 0 Å². The molecule has 4 heteroatoms. The number of para-hydroxylation sites is 1. The Labute approximate surface area is 126 Å². The first-order valence-corrected chi connectivity index (χ1v) is 7.17. The lowest BCUT2D eigenvalue weighted by molar-refractivity contribution is -0.137. The zero-order valence-corrected chi connectivity index (χ0v) is 11.9. The van der Waals surface area contributed by atoms with Crippen LogP contribution in [0.4, 0.5) is 13.2 Å². The van der Waals surface area contributed by atoms with E-state index in [2.05, 4.69) is 0 Å². The summed E-state index contributed by atoms with van der Waals surface area (Å²) in [6.45, 7) is 0. The molecule has 1 heterocycles. The van der Waals surface area contributed by atoms with E-state index in [0.29, 0.717) is 12.0 Å². The third-order valence-corrected chi connectivity index (χ3v) is 3.66. The van der Waals surface area contributed by atoms with E-state index < -0.39 is 11.7 Å². The maximum Gasteiger partial charge on any atom is 0.420 e. The summed E-state index contributed by atoms with van der Waals surface area (Å²) in [5.41, 5.74) is 0.785. The van der Waals surface area contributed by atoms with Crippen molar-refractivity contribution in [2.24, 2.45) is 0 Å². The molecule has 3 rings (SSSR count). The van der Waals surface area contributed by atoms with E-state index in [4.69, 9.17) is 4.42 Å². The highest BCUT2D eigenvalue weighted by atomic mass is 19.4. The molecule has 0 amide bonds. The molecule has 0 aliphatic heterocycles. The van der Waals surface area contributed by atoms with Crippen molar-refractivity contribution in [1.82, 2.24) is 0 Å². The third kappa shape index (κ3) is 3.01. The fourth-order valence-corrected chi connectivity index (χ4v) is 2.68. The maximum absolute atomic E-state index is 13.3. The van der Waals surface area contributed by atoms with Gasteiger partial charge in [-0.05, 0) is 24.5 Å². The normalized spacial score (nSPS) is 12.0. The van der Waals surface area contributed by atoms with Gasteiger partial charge in [-0.1, -0.05) is 48.5 Å². The van der Waals surface area contributed by atoms with Gasteiger partial charge in [0, 0.05) is 11.8 Å². The molecule has 0 saturated carbocycles. The Morgan fingerprint density at radius 3 is 2.23 bits per heavy atom. The molecule has 114 valence electrons. The van der Waals surface area contributed by atoms with E-state index in [1.165, 1.54) is 6.07 Å². The van der Waals surface area contributed by atoms with Crippen LogP contribution < -0.4 is 0 Å². The second kappa shape index (κ2) is 5.87. The van der Waals surface area contributed by atoms with E-state index >= 15 is 0 Å². The standard InChI is InChI=1S/C18H15F3O/c19-18(20,21)17-14-10-4-5-11-15(14)22-16(17)12-6-9-13-7-2-1-3-8-13/h1-5,7-8,10-11H,6,9,12H2. The van der Waals surface area contributed by atoms with Crippen molar-refractivity contribution in [1.29, 1.82) is 0 Å². The van der Waals surface area contributed by atoms with E-state index in [1.54, 1.807) is 18.2 Å². The smallest absolute Gasteiger partial charge is 0.420 e. The number of rotatable bonds is 4. The molecule has 0 radical (unpaired) electrons. The molecule has 0 fully saturated rings. The average molecular weight is 304 g/mol. The number of hydrogen-bond donors (Lipinski definition) is 0.